The van der Waals surface area contributed by atoms with Crippen LogP contribution in [0, 0.1) is 6.92 Å². The molecule has 3 aromatic rings. The van der Waals surface area contributed by atoms with Gasteiger partial charge < -0.3 is 4.98 Å². The Hall–Kier alpha value is -2.39. The molecule has 2 aromatic carbocycles. The summed E-state index contributed by atoms with van der Waals surface area (Å²) in [5, 5.41) is 1.87. The third-order valence-corrected chi connectivity index (χ3v) is 4.95. The molecule has 0 atom stereocenters. The average molecular weight is 348 g/mol. The van der Waals surface area contributed by atoms with Crippen LogP contribution >= 0.6 is 0 Å². The van der Waals surface area contributed by atoms with Crippen molar-refractivity contribution < 1.29 is 0 Å². The van der Waals surface area contributed by atoms with Crippen LogP contribution in [0.25, 0.3) is 10.8 Å². The zero-order chi connectivity index (χ0) is 18.4. The molecule has 0 spiro atoms. The Morgan fingerprint density at radius 1 is 0.923 bits per heavy atom. The van der Waals surface area contributed by atoms with E-state index in [0.29, 0.717) is 0 Å². The minimum atomic E-state index is 0.00738. The van der Waals surface area contributed by atoms with E-state index >= 15 is 0 Å². The molecule has 0 amide bonds. The predicted molar refractivity (Wildman–Crippen MR) is 110 cm³/mol. The molecule has 0 aliphatic rings. The first-order valence-electron chi connectivity index (χ1n) is 9.56. The summed E-state index contributed by atoms with van der Waals surface area (Å²) >= 11 is 0. The van der Waals surface area contributed by atoms with Crippen LogP contribution in [0.2, 0.25) is 0 Å². The SMILES string of the molecule is CCCN(CCCc1ccccc1)Cc1c(C)[nH]c(=O)c2ccccc12. The van der Waals surface area contributed by atoms with Gasteiger partial charge in [-0.1, -0.05) is 55.5 Å². The van der Waals surface area contributed by atoms with Crippen molar-refractivity contribution in [2.24, 2.45) is 0 Å². The lowest BCUT2D eigenvalue weighted by Crippen LogP contribution is -2.27. The van der Waals surface area contributed by atoms with Crippen molar-refractivity contribution in [3.8, 4) is 0 Å². The van der Waals surface area contributed by atoms with Crippen LogP contribution in [0.4, 0.5) is 0 Å². The molecule has 3 heteroatoms. The molecule has 0 bridgehead atoms. The van der Waals surface area contributed by atoms with Gasteiger partial charge in [0.1, 0.15) is 0 Å². The number of aryl methyl sites for hydroxylation is 2. The summed E-state index contributed by atoms with van der Waals surface area (Å²) in [6, 6.07) is 18.6. The van der Waals surface area contributed by atoms with Crippen molar-refractivity contribution >= 4 is 10.8 Å². The van der Waals surface area contributed by atoms with Gasteiger partial charge in [0.25, 0.3) is 5.56 Å². The number of hydrogen-bond acceptors (Lipinski definition) is 2. The molecule has 26 heavy (non-hydrogen) atoms. The van der Waals surface area contributed by atoms with E-state index in [-0.39, 0.29) is 5.56 Å². The molecule has 0 unspecified atom stereocenters. The van der Waals surface area contributed by atoms with Gasteiger partial charge in [-0.3, -0.25) is 9.69 Å². The summed E-state index contributed by atoms with van der Waals surface area (Å²) in [4.78, 5) is 17.8. The van der Waals surface area contributed by atoms with Crippen molar-refractivity contribution in [2.45, 2.75) is 39.7 Å². The number of hydrogen-bond donors (Lipinski definition) is 1. The fourth-order valence-electron chi connectivity index (χ4n) is 3.62. The Labute approximate surface area is 155 Å². The summed E-state index contributed by atoms with van der Waals surface area (Å²) in [6.07, 6.45) is 3.38. The normalized spacial score (nSPS) is 11.3. The second-order valence-electron chi connectivity index (χ2n) is 6.97. The van der Waals surface area contributed by atoms with E-state index in [0.717, 1.165) is 55.4 Å². The molecule has 3 nitrogen and oxygen atoms in total. The summed E-state index contributed by atoms with van der Waals surface area (Å²) in [6.45, 7) is 7.25. The number of H-pyrrole nitrogens is 1. The first-order valence-corrected chi connectivity index (χ1v) is 9.56. The maximum atomic E-state index is 12.2. The predicted octanol–water partition coefficient (Wildman–Crippen LogP) is 4.68. The highest BCUT2D eigenvalue weighted by Crippen LogP contribution is 2.20. The highest BCUT2D eigenvalue weighted by atomic mass is 16.1. The standard InChI is InChI=1S/C23H28N2O/c1-3-15-25(16-9-12-19-10-5-4-6-11-19)17-22-18(2)24-23(26)21-14-8-7-13-20(21)22/h4-8,10-11,13-14H,3,9,12,15-17H2,1-2H3,(H,24,26). The third-order valence-electron chi connectivity index (χ3n) is 4.95. The van der Waals surface area contributed by atoms with Gasteiger partial charge in [-0.05, 0) is 61.9 Å². The Balaban J connectivity index is 1.75. The molecular formula is C23H28N2O. The number of nitrogens with one attached hydrogen (secondary N) is 1. The molecule has 0 radical (unpaired) electrons. The number of rotatable bonds is 8. The second kappa shape index (κ2) is 8.81. The molecule has 0 fully saturated rings. The van der Waals surface area contributed by atoms with Crippen LogP contribution in [0.3, 0.4) is 0 Å². The molecule has 0 aliphatic heterocycles. The highest BCUT2D eigenvalue weighted by molar-refractivity contribution is 5.85. The van der Waals surface area contributed by atoms with E-state index in [4.69, 9.17) is 0 Å². The van der Waals surface area contributed by atoms with E-state index in [1.54, 1.807) is 0 Å². The summed E-state index contributed by atoms with van der Waals surface area (Å²) in [7, 11) is 0. The molecule has 136 valence electrons. The van der Waals surface area contributed by atoms with E-state index in [9.17, 15) is 4.79 Å². The van der Waals surface area contributed by atoms with Crippen LogP contribution in [-0.4, -0.2) is 23.0 Å². The molecule has 1 aromatic heterocycles. The van der Waals surface area contributed by atoms with Crippen LogP contribution in [0.15, 0.2) is 59.4 Å². The Morgan fingerprint density at radius 3 is 2.35 bits per heavy atom. The quantitative estimate of drug-likeness (QED) is 0.641. The summed E-state index contributed by atoms with van der Waals surface area (Å²) in [5.41, 5.74) is 3.63. The second-order valence-corrected chi connectivity index (χ2v) is 6.97. The van der Waals surface area contributed by atoms with Gasteiger partial charge in [-0.2, -0.15) is 0 Å². The Bertz CT molecular complexity index is 899. The van der Waals surface area contributed by atoms with E-state index < -0.39 is 0 Å². The van der Waals surface area contributed by atoms with Crippen molar-refractivity contribution in [3.05, 3.63) is 81.8 Å². The van der Waals surface area contributed by atoms with E-state index in [1.807, 2.05) is 25.1 Å². The fraction of sp³-hybridized carbons (Fsp3) is 0.348. The van der Waals surface area contributed by atoms with Crippen molar-refractivity contribution in [2.75, 3.05) is 13.1 Å². The number of pyridine rings is 1. The van der Waals surface area contributed by atoms with Crippen LogP contribution in [0.5, 0.6) is 0 Å². The topological polar surface area (TPSA) is 36.1 Å². The number of benzene rings is 2. The highest BCUT2D eigenvalue weighted by Gasteiger charge is 2.12. The summed E-state index contributed by atoms with van der Waals surface area (Å²) < 4.78 is 0. The summed E-state index contributed by atoms with van der Waals surface area (Å²) in [5.74, 6) is 0. The minimum Gasteiger partial charge on any atom is -0.326 e. The Kier molecular flexibility index (Phi) is 6.24. The maximum Gasteiger partial charge on any atom is 0.256 e. The van der Waals surface area contributed by atoms with Crippen molar-refractivity contribution in [1.29, 1.82) is 0 Å². The first kappa shape index (κ1) is 18.4. The van der Waals surface area contributed by atoms with Crippen LogP contribution in [-0.2, 0) is 13.0 Å². The van der Waals surface area contributed by atoms with Gasteiger partial charge in [-0.25, -0.2) is 0 Å². The van der Waals surface area contributed by atoms with Gasteiger partial charge in [0.15, 0.2) is 0 Å². The molecular weight excluding hydrogens is 320 g/mol. The molecule has 3 rings (SSSR count). The van der Waals surface area contributed by atoms with E-state index in [1.165, 1.54) is 11.1 Å². The number of fused-ring (bicyclic) bond motifs is 1. The van der Waals surface area contributed by atoms with Crippen molar-refractivity contribution in [3.63, 3.8) is 0 Å². The molecule has 0 aliphatic carbocycles. The largest absolute Gasteiger partial charge is 0.326 e. The van der Waals surface area contributed by atoms with Crippen molar-refractivity contribution in [1.82, 2.24) is 9.88 Å². The molecule has 0 saturated heterocycles. The third kappa shape index (κ3) is 4.41. The van der Waals surface area contributed by atoms with Gasteiger partial charge in [0.2, 0.25) is 0 Å². The van der Waals surface area contributed by atoms with Gasteiger partial charge >= 0.3 is 0 Å². The van der Waals surface area contributed by atoms with E-state index in [2.05, 4.69) is 53.2 Å². The minimum absolute atomic E-state index is 0.00738. The maximum absolute atomic E-state index is 12.2. The zero-order valence-electron chi connectivity index (χ0n) is 15.8. The van der Waals surface area contributed by atoms with Crippen LogP contribution in [0.1, 0.15) is 36.6 Å². The number of nitrogens with zero attached hydrogens (tertiary/aromatic N) is 1. The first-order chi connectivity index (χ1) is 12.7. The lowest BCUT2D eigenvalue weighted by molar-refractivity contribution is 0.263. The fourth-order valence-corrected chi connectivity index (χ4v) is 3.62. The number of aromatic amines is 1. The monoisotopic (exact) mass is 348 g/mol. The average Bonchev–Trinajstić information content (AvgIpc) is 2.66. The Morgan fingerprint density at radius 2 is 1.62 bits per heavy atom. The van der Waals surface area contributed by atoms with Gasteiger partial charge in [0.05, 0.1) is 0 Å². The lowest BCUT2D eigenvalue weighted by Gasteiger charge is -2.23. The lowest BCUT2D eigenvalue weighted by atomic mass is 10.0. The molecule has 1 heterocycles. The van der Waals surface area contributed by atoms with Gasteiger partial charge in [0, 0.05) is 17.6 Å². The number of aromatic nitrogens is 1. The molecule has 1 N–H and O–H groups in total. The smallest absolute Gasteiger partial charge is 0.256 e. The zero-order valence-corrected chi connectivity index (χ0v) is 15.8. The molecule has 0 saturated carbocycles. The van der Waals surface area contributed by atoms with Crippen LogP contribution < -0.4 is 5.56 Å². The van der Waals surface area contributed by atoms with Gasteiger partial charge in [-0.15, -0.1) is 0 Å².